The van der Waals surface area contributed by atoms with Gasteiger partial charge in [-0.2, -0.15) is 0 Å². The Labute approximate surface area is 97.7 Å². The molecule has 2 heteroatoms. The summed E-state index contributed by atoms with van der Waals surface area (Å²) in [5.74, 6) is 0. The molecule has 0 aliphatic heterocycles. The minimum Gasteiger partial charge on any atom is -0.0843 e. The lowest BCUT2D eigenvalue weighted by Crippen LogP contribution is -1.55. The van der Waals surface area contributed by atoms with Crippen molar-refractivity contribution < 1.29 is 0 Å². The van der Waals surface area contributed by atoms with Crippen molar-refractivity contribution in [2.24, 2.45) is 0 Å². The highest BCUT2D eigenvalue weighted by Crippen LogP contribution is 2.05. The molecule has 0 heterocycles. The van der Waals surface area contributed by atoms with Crippen molar-refractivity contribution in [3.63, 3.8) is 0 Å². The summed E-state index contributed by atoms with van der Waals surface area (Å²) in [7, 11) is 0. The average molecular weight is 270 g/mol. The Bertz CT molecular complexity index is 308. The zero-order valence-corrected chi connectivity index (χ0v) is 9.87. The fraction of sp³-hybridized carbons (Fsp3) is 0. The molecule has 0 radical (unpaired) electrons. The molecule has 2 aromatic rings. The van der Waals surface area contributed by atoms with E-state index in [-0.39, 0.29) is 0 Å². The highest BCUT2D eigenvalue weighted by atomic mass is 79.9. The summed E-state index contributed by atoms with van der Waals surface area (Å²) in [6, 6.07) is 19.4. The zero-order valence-electron chi connectivity index (χ0n) is 7.53. The summed E-state index contributed by atoms with van der Waals surface area (Å²) in [6.07, 6.45) is 0. The van der Waals surface area contributed by atoms with Crippen LogP contribution in [0.1, 0.15) is 0 Å². The number of halogens is 2. The second kappa shape index (κ2) is 6.63. The zero-order chi connectivity index (χ0) is 10.2. The van der Waals surface area contributed by atoms with E-state index in [0.29, 0.717) is 0 Å². The van der Waals surface area contributed by atoms with E-state index in [2.05, 4.69) is 15.9 Å². The van der Waals surface area contributed by atoms with E-state index in [1.807, 2.05) is 60.7 Å². The van der Waals surface area contributed by atoms with Crippen LogP contribution in [0.15, 0.2) is 65.1 Å². The Morgan fingerprint density at radius 1 is 0.714 bits per heavy atom. The molecule has 0 saturated carbocycles. The van der Waals surface area contributed by atoms with E-state index in [4.69, 9.17) is 11.6 Å². The fourth-order valence-electron chi connectivity index (χ4n) is 0.829. The lowest BCUT2D eigenvalue weighted by Gasteiger charge is -1.80. The van der Waals surface area contributed by atoms with E-state index in [0.717, 1.165) is 9.50 Å². The maximum absolute atomic E-state index is 5.54. The van der Waals surface area contributed by atoms with Crippen LogP contribution in [0, 0.1) is 0 Å². The average Bonchev–Trinajstić information content (AvgIpc) is 2.21. The van der Waals surface area contributed by atoms with Gasteiger partial charge in [0.2, 0.25) is 0 Å². The third-order valence-corrected chi connectivity index (χ3v) is 2.25. The normalized spacial score (nSPS) is 8.71. The monoisotopic (exact) mass is 268 g/mol. The van der Waals surface area contributed by atoms with E-state index in [1.165, 1.54) is 0 Å². The molecule has 0 aliphatic carbocycles. The lowest BCUT2D eigenvalue weighted by molar-refractivity contribution is 1.66. The number of rotatable bonds is 0. The Morgan fingerprint density at radius 3 is 1.36 bits per heavy atom. The molecule has 2 rings (SSSR count). The first-order valence-corrected chi connectivity index (χ1v) is 5.37. The van der Waals surface area contributed by atoms with Crippen molar-refractivity contribution in [2.75, 3.05) is 0 Å². The molecule has 0 amide bonds. The first-order valence-electron chi connectivity index (χ1n) is 4.20. The van der Waals surface area contributed by atoms with Gasteiger partial charge in [-0.3, -0.25) is 0 Å². The quantitative estimate of drug-likeness (QED) is 0.645. The van der Waals surface area contributed by atoms with E-state index < -0.39 is 0 Å². The predicted octanol–water partition coefficient (Wildman–Crippen LogP) is 4.79. The number of benzene rings is 2. The van der Waals surface area contributed by atoms with Gasteiger partial charge < -0.3 is 0 Å². The van der Waals surface area contributed by atoms with E-state index in [9.17, 15) is 0 Å². The molecule has 0 nitrogen and oxygen atoms in total. The van der Waals surface area contributed by atoms with Crippen LogP contribution in [0.2, 0.25) is 5.02 Å². The van der Waals surface area contributed by atoms with Gasteiger partial charge in [0.05, 0.1) is 0 Å². The largest absolute Gasteiger partial charge is 0.0843 e. The first-order chi connectivity index (χ1) is 6.79. The first kappa shape index (κ1) is 11.3. The molecule has 0 aliphatic rings. The molecular formula is C12H10BrCl. The standard InChI is InChI=1S/C6H5Br.C6H5Cl/c2*7-6-4-2-1-3-5-6/h2*1-5H. The highest BCUT2D eigenvalue weighted by Gasteiger charge is 1.75. The van der Waals surface area contributed by atoms with Crippen LogP contribution < -0.4 is 0 Å². The third kappa shape index (κ3) is 5.05. The van der Waals surface area contributed by atoms with Crippen molar-refractivity contribution in [2.45, 2.75) is 0 Å². The van der Waals surface area contributed by atoms with Crippen molar-refractivity contribution >= 4 is 27.5 Å². The van der Waals surface area contributed by atoms with Gasteiger partial charge in [0.1, 0.15) is 0 Å². The molecule has 14 heavy (non-hydrogen) atoms. The molecule has 0 bridgehead atoms. The molecule has 2 aromatic carbocycles. The van der Waals surface area contributed by atoms with Gasteiger partial charge in [-0.25, -0.2) is 0 Å². The summed E-state index contributed by atoms with van der Waals surface area (Å²) in [5.41, 5.74) is 0. The van der Waals surface area contributed by atoms with Gasteiger partial charge in [-0.05, 0) is 24.3 Å². The summed E-state index contributed by atoms with van der Waals surface area (Å²) >= 11 is 8.85. The summed E-state index contributed by atoms with van der Waals surface area (Å²) < 4.78 is 1.13. The van der Waals surface area contributed by atoms with Gasteiger partial charge in [-0.15, -0.1) is 0 Å². The van der Waals surface area contributed by atoms with Gasteiger partial charge in [-0.1, -0.05) is 63.9 Å². The predicted molar refractivity (Wildman–Crippen MR) is 65.6 cm³/mol. The minimum absolute atomic E-state index is 0.794. The van der Waals surface area contributed by atoms with Crippen LogP contribution in [-0.2, 0) is 0 Å². The van der Waals surface area contributed by atoms with Crippen LogP contribution in [0.3, 0.4) is 0 Å². The molecule has 72 valence electrons. The van der Waals surface area contributed by atoms with Crippen LogP contribution in [-0.4, -0.2) is 0 Å². The van der Waals surface area contributed by atoms with Crippen LogP contribution >= 0.6 is 27.5 Å². The van der Waals surface area contributed by atoms with Crippen molar-refractivity contribution in [3.8, 4) is 0 Å². The van der Waals surface area contributed by atoms with Gasteiger partial charge >= 0.3 is 0 Å². The topological polar surface area (TPSA) is 0 Å². The van der Waals surface area contributed by atoms with Gasteiger partial charge in [0, 0.05) is 9.50 Å². The minimum atomic E-state index is 0.794. The Morgan fingerprint density at radius 2 is 1.14 bits per heavy atom. The molecule has 0 saturated heterocycles. The van der Waals surface area contributed by atoms with Crippen LogP contribution in [0.5, 0.6) is 0 Å². The molecule has 0 fully saturated rings. The smallest absolute Gasteiger partial charge is 0.0405 e. The maximum Gasteiger partial charge on any atom is 0.0405 e. The van der Waals surface area contributed by atoms with E-state index >= 15 is 0 Å². The molecule has 0 atom stereocenters. The molecular weight excluding hydrogens is 259 g/mol. The third-order valence-electron chi connectivity index (χ3n) is 1.47. The number of hydrogen-bond acceptors (Lipinski definition) is 0. The molecule has 0 spiro atoms. The fourth-order valence-corrected chi connectivity index (χ4v) is 1.28. The second-order valence-corrected chi connectivity index (χ2v) is 3.94. The summed E-state index contributed by atoms with van der Waals surface area (Å²) in [4.78, 5) is 0. The number of hydrogen-bond donors (Lipinski definition) is 0. The lowest BCUT2D eigenvalue weighted by atomic mass is 10.4. The Balaban J connectivity index is 0.000000140. The van der Waals surface area contributed by atoms with Crippen LogP contribution in [0.4, 0.5) is 0 Å². The highest BCUT2D eigenvalue weighted by molar-refractivity contribution is 9.10. The second-order valence-electron chi connectivity index (χ2n) is 2.59. The summed E-state index contributed by atoms with van der Waals surface area (Å²) in [5, 5.41) is 0.794. The SMILES string of the molecule is Brc1ccccc1.Clc1ccccc1. The Kier molecular flexibility index (Phi) is 5.35. The Hall–Kier alpha value is -0.790. The van der Waals surface area contributed by atoms with Crippen molar-refractivity contribution in [1.82, 2.24) is 0 Å². The molecule has 0 unspecified atom stereocenters. The maximum atomic E-state index is 5.54. The van der Waals surface area contributed by atoms with Crippen molar-refractivity contribution in [1.29, 1.82) is 0 Å². The molecule has 0 aromatic heterocycles. The van der Waals surface area contributed by atoms with Gasteiger partial charge in [0.25, 0.3) is 0 Å². The summed E-state index contributed by atoms with van der Waals surface area (Å²) in [6.45, 7) is 0. The molecule has 0 N–H and O–H groups in total. The van der Waals surface area contributed by atoms with E-state index in [1.54, 1.807) is 0 Å². The van der Waals surface area contributed by atoms with Gasteiger partial charge in [0.15, 0.2) is 0 Å². The van der Waals surface area contributed by atoms with Crippen molar-refractivity contribution in [3.05, 3.63) is 70.2 Å². The van der Waals surface area contributed by atoms with Crippen LogP contribution in [0.25, 0.3) is 0 Å².